The first-order valence-corrected chi connectivity index (χ1v) is 11.0. The van der Waals surface area contributed by atoms with E-state index >= 15 is 4.39 Å². The molecule has 0 spiro atoms. The molecular weight excluding hydrogens is 428 g/mol. The van der Waals surface area contributed by atoms with Crippen LogP contribution >= 0.6 is 0 Å². The number of fused-ring (bicyclic) bond motifs is 1. The van der Waals surface area contributed by atoms with E-state index in [1.165, 1.54) is 18.7 Å². The molecule has 3 aromatic heterocycles. The van der Waals surface area contributed by atoms with Gasteiger partial charge in [-0.1, -0.05) is 6.92 Å². The number of nitrogens with zero attached hydrogens (tertiary/aromatic N) is 1. The first-order chi connectivity index (χ1) is 14.8. The van der Waals surface area contributed by atoms with E-state index in [4.69, 9.17) is 4.42 Å². The van der Waals surface area contributed by atoms with E-state index in [1.54, 1.807) is 25.1 Å². The second-order valence-electron chi connectivity index (χ2n) is 6.83. The standard InChI is InChI=1S/C21H17F2N3O4S/c1-2-8-31(28,29)26-16-6-5-15(22)18(19(16)23)20(27)14-11-25-21-13(14)9-12(10-24-21)17-4-3-7-30-17/h3-7,9-11,26H,2,8H2,1H3,(H,24,25). The summed E-state index contributed by atoms with van der Waals surface area (Å²) in [5, 5.41) is 0.342. The van der Waals surface area contributed by atoms with Crippen LogP contribution < -0.4 is 4.72 Å². The fraction of sp³-hybridized carbons (Fsp3) is 0.143. The molecular formula is C21H17F2N3O4S. The van der Waals surface area contributed by atoms with Crippen molar-refractivity contribution in [1.29, 1.82) is 0 Å². The third kappa shape index (κ3) is 3.93. The Morgan fingerprint density at radius 1 is 1.26 bits per heavy atom. The Balaban J connectivity index is 1.79. The Hall–Kier alpha value is -3.53. The highest BCUT2D eigenvalue weighted by Gasteiger charge is 2.26. The summed E-state index contributed by atoms with van der Waals surface area (Å²) in [6, 6.07) is 6.82. The molecule has 4 rings (SSSR count). The van der Waals surface area contributed by atoms with Crippen molar-refractivity contribution in [3.63, 3.8) is 0 Å². The summed E-state index contributed by atoms with van der Waals surface area (Å²) < 4.78 is 60.9. The van der Waals surface area contributed by atoms with Gasteiger partial charge in [-0.25, -0.2) is 22.2 Å². The lowest BCUT2D eigenvalue weighted by Crippen LogP contribution is -2.18. The molecule has 3 heterocycles. The number of aromatic amines is 1. The van der Waals surface area contributed by atoms with Crippen molar-refractivity contribution in [2.24, 2.45) is 0 Å². The number of benzene rings is 1. The highest BCUT2D eigenvalue weighted by Crippen LogP contribution is 2.29. The molecule has 0 aliphatic heterocycles. The summed E-state index contributed by atoms with van der Waals surface area (Å²) in [7, 11) is -3.83. The van der Waals surface area contributed by atoms with E-state index in [0.29, 0.717) is 28.8 Å². The molecule has 160 valence electrons. The molecule has 0 saturated carbocycles. The Kier molecular flexibility index (Phi) is 5.32. The normalized spacial score (nSPS) is 11.7. The fourth-order valence-corrected chi connectivity index (χ4v) is 4.36. The molecule has 31 heavy (non-hydrogen) atoms. The SMILES string of the molecule is CCCS(=O)(=O)Nc1ccc(F)c(C(=O)c2c[nH]c3ncc(-c4ccco4)cc23)c1F. The Morgan fingerprint density at radius 3 is 2.77 bits per heavy atom. The minimum absolute atomic E-state index is 0.0118. The van der Waals surface area contributed by atoms with Gasteiger partial charge in [0.2, 0.25) is 15.8 Å². The predicted molar refractivity (Wildman–Crippen MR) is 111 cm³/mol. The second-order valence-corrected chi connectivity index (χ2v) is 8.68. The summed E-state index contributed by atoms with van der Waals surface area (Å²) in [6.07, 6.45) is 4.64. The van der Waals surface area contributed by atoms with Crippen molar-refractivity contribution in [2.75, 3.05) is 10.5 Å². The summed E-state index contributed by atoms with van der Waals surface area (Å²) in [6.45, 7) is 1.65. The van der Waals surface area contributed by atoms with Gasteiger partial charge in [-0.05, 0) is 36.8 Å². The predicted octanol–water partition coefficient (Wildman–Crippen LogP) is 4.48. The number of anilines is 1. The van der Waals surface area contributed by atoms with E-state index in [0.717, 1.165) is 12.1 Å². The van der Waals surface area contributed by atoms with Gasteiger partial charge in [0.25, 0.3) is 0 Å². The molecule has 0 atom stereocenters. The van der Waals surface area contributed by atoms with Crippen molar-refractivity contribution >= 4 is 32.5 Å². The largest absolute Gasteiger partial charge is 0.464 e. The number of aromatic nitrogens is 2. The fourth-order valence-electron chi connectivity index (χ4n) is 3.23. The van der Waals surface area contributed by atoms with Gasteiger partial charge in [-0.3, -0.25) is 9.52 Å². The second kappa shape index (κ2) is 7.95. The van der Waals surface area contributed by atoms with Crippen LogP contribution in [0.5, 0.6) is 0 Å². The third-order valence-corrected chi connectivity index (χ3v) is 6.11. The number of carbonyl (C=O) groups is 1. The summed E-state index contributed by atoms with van der Waals surface area (Å²) in [5.41, 5.74) is -0.442. The van der Waals surface area contributed by atoms with Crippen LogP contribution in [0.4, 0.5) is 14.5 Å². The number of carbonyl (C=O) groups excluding carboxylic acids is 1. The molecule has 1 aromatic carbocycles. The summed E-state index contributed by atoms with van der Waals surface area (Å²) >= 11 is 0. The first kappa shape index (κ1) is 20.7. The topological polar surface area (TPSA) is 105 Å². The highest BCUT2D eigenvalue weighted by molar-refractivity contribution is 7.92. The van der Waals surface area contributed by atoms with Crippen LogP contribution in [0.25, 0.3) is 22.4 Å². The maximum absolute atomic E-state index is 15.0. The quantitative estimate of drug-likeness (QED) is 0.408. The molecule has 4 aromatic rings. The van der Waals surface area contributed by atoms with E-state index in [1.807, 2.05) is 0 Å². The molecule has 0 fully saturated rings. The molecule has 0 aliphatic carbocycles. The van der Waals surface area contributed by atoms with Crippen molar-refractivity contribution in [3.05, 3.63) is 71.8 Å². The highest BCUT2D eigenvalue weighted by atomic mass is 32.2. The molecule has 10 heteroatoms. The number of halogens is 2. The van der Waals surface area contributed by atoms with E-state index in [9.17, 15) is 17.6 Å². The average Bonchev–Trinajstić information content (AvgIpc) is 3.39. The lowest BCUT2D eigenvalue weighted by Gasteiger charge is -2.11. The summed E-state index contributed by atoms with van der Waals surface area (Å²) in [4.78, 5) is 20.1. The van der Waals surface area contributed by atoms with E-state index in [-0.39, 0.29) is 11.3 Å². The molecule has 2 N–H and O–H groups in total. The van der Waals surface area contributed by atoms with Crippen molar-refractivity contribution < 1.29 is 26.4 Å². The zero-order chi connectivity index (χ0) is 22.2. The zero-order valence-electron chi connectivity index (χ0n) is 16.3. The van der Waals surface area contributed by atoms with Gasteiger partial charge in [0.1, 0.15) is 17.2 Å². The number of hydrogen-bond donors (Lipinski definition) is 2. The van der Waals surface area contributed by atoms with Gasteiger partial charge >= 0.3 is 0 Å². The van der Waals surface area contributed by atoms with Crippen LogP contribution in [-0.2, 0) is 10.0 Å². The van der Waals surface area contributed by atoms with Crippen molar-refractivity contribution in [3.8, 4) is 11.3 Å². The van der Waals surface area contributed by atoms with E-state index < -0.39 is 38.7 Å². The van der Waals surface area contributed by atoms with Gasteiger partial charge in [0, 0.05) is 28.9 Å². The monoisotopic (exact) mass is 445 g/mol. The third-order valence-electron chi connectivity index (χ3n) is 4.64. The lowest BCUT2D eigenvalue weighted by atomic mass is 10.0. The summed E-state index contributed by atoms with van der Waals surface area (Å²) in [5.74, 6) is -3.06. The van der Waals surface area contributed by atoms with Crippen LogP contribution in [0, 0.1) is 11.6 Å². The molecule has 0 saturated heterocycles. The van der Waals surface area contributed by atoms with Crippen molar-refractivity contribution in [2.45, 2.75) is 13.3 Å². The number of sulfonamides is 1. The minimum Gasteiger partial charge on any atom is -0.464 e. The molecule has 0 amide bonds. The smallest absolute Gasteiger partial charge is 0.232 e. The van der Waals surface area contributed by atoms with Crippen molar-refractivity contribution in [1.82, 2.24) is 9.97 Å². The van der Waals surface area contributed by atoms with Crippen LogP contribution in [0.3, 0.4) is 0 Å². The van der Waals surface area contributed by atoms with Crippen LogP contribution in [0.1, 0.15) is 29.3 Å². The lowest BCUT2D eigenvalue weighted by molar-refractivity contribution is 0.103. The number of ketones is 1. The van der Waals surface area contributed by atoms with Crippen LogP contribution in [-0.4, -0.2) is 29.9 Å². The van der Waals surface area contributed by atoms with Gasteiger partial charge in [-0.2, -0.15) is 0 Å². The average molecular weight is 445 g/mol. The maximum Gasteiger partial charge on any atom is 0.232 e. The number of furan rings is 1. The number of nitrogens with one attached hydrogen (secondary N) is 2. The number of rotatable bonds is 7. The zero-order valence-corrected chi connectivity index (χ0v) is 17.1. The number of pyridine rings is 1. The van der Waals surface area contributed by atoms with Gasteiger partial charge < -0.3 is 9.40 Å². The number of H-pyrrole nitrogens is 1. The molecule has 0 radical (unpaired) electrons. The molecule has 0 bridgehead atoms. The van der Waals surface area contributed by atoms with Gasteiger partial charge in [0.15, 0.2) is 5.82 Å². The Bertz CT molecular complexity index is 1380. The molecule has 0 aliphatic rings. The molecule has 0 unspecified atom stereocenters. The Labute approximate surface area is 176 Å². The van der Waals surface area contributed by atoms with Gasteiger partial charge in [-0.15, -0.1) is 0 Å². The van der Waals surface area contributed by atoms with Gasteiger partial charge in [0.05, 0.1) is 23.3 Å². The molecule has 7 nitrogen and oxygen atoms in total. The first-order valence-electron chi connectivity index (χ1n) is 9.35. The maximum atomic E-state index is 15.0. The van der Waals surface area contributed by atoms with Crippen LogP contribution in [0.15, 0.2) is 53.4 Å². The van der Waals surface area contributed by atoms with E-state index in [2.05, 4.69) is 14.7 Å². The minimum atomic E-state index is -3.83. The Morgan fingerprint density at radius 2 is 2.06 bits per heavy atom. The van der Waals surface area contributed by atoms with Crippen LogP contribution in [0.2, 0.25) is 0 Å². The number of hydrogen-bond acceptors (Lipinski definition) is 5.